The number of hydrogen-bond acceptors (Lipinski definition) is 3. The predicted octanol–water partition coefficient (Wildman–Crippen LogP) is 19.2. The zero-order chi connectivity index (χ0) is 45.9. The molecular formula is C65H44N2S2. The summed E-state index contributed by atoms with van der Waals surface area (Å²) in [6.45, 7) is 6.87. The van der Waals surface area contributed by atoms with Gasteiger partial charge in [-0.1, -0.05) is 152 Å². The maximum absolute atomic E-state index is 5.82. The molecule has 3 aromatic heterocycles. The van der Waals surface area contributed by atoms with Gasteiger partial charge in [0.1, 0.15) is 0 Å². The third-order valence-electron chi connectivity index (χ3n) is 14.8. The normalized spacial score (nSPS) is 13.4. The molecule has 0 radical (unpaired) electrons. The number of nitrogens with zero attached hydrogens (tertiary/aromatic N) is 2. The van der Waals surface area contributed by atoms with Gasteiger partial charge in [-0.25, -0.2) is 0 Å². The Hall–Kier alpha value is -7.89. The van der Waals surface area contributed by atoms with Crippen molar-refractivity contribution in [3.05, 3.63) is 229 Å². The summed E-state index contributed by atoms with van der Waals surface area (Å²) >= 11 is 3.78. The van der Waals surface area contributed by atoms with E-state index in [0.717, 1.165) is 5.71 Å². The van der Waals surface area contributed by atoms with Crippen LogP contribution in [0.15, 0.2) is 217 Å². The number of aromatic nitrogens is 1. The highest BCUT2D eigenvalue weighted by molar-refractivity contribution is 7.27. The molecular weight excluding hydrogens is 873 g/mol. The topological polar surface area (TPSA) is 17.3 Å². The van der Waals surface area contributed by atoms with Crippen molar-refractivity contribution in [1.82, 2.24) is 4.57 Å². The van der Waals surface area contributed by atoms with Crippen molar-refractivity contribution in [2.24, 2.45) is 4.99 Å². The Balaban J connectivity index is 1.08. The Morgan fingerprint density at radius 3 is 1.72 bits per heavy atom. The Kier molecular flexibility index (Phi) is 9.08. The smallest absolute Gasteiger partial charge is 0.0728 e. The van der Waals surface area contributed by atoms with Gasteiger partial charge < -0.3 is 4.57 Å². The van der Waals surface area contributed by atoms with Crippen molar-refractivity contribution < 1.29 is 0 Å². The van der Waals surface area contributed by atoms with E-state index in [1.165, 1.54) is 139 Å². The second-order valence-corrected chi connectivity index (χ2v) is 20.8. The highest BCUT2D eigenvalue weighted by atomic mass is 32.1. The van der Waals surface area contributed by atoms with Gasteiger partial charge in [0.05, 0.1) is 33.2 Å². The molecule has 2 nitrogen and oxygen atoms in total. The van der Waals surface area contributed by atoms with Crippen LogP contribution in [0.3, 0.4) is 0 Å². The van der Waals surface area contributed by atoms with E-state index < -0.39 is 0 Å². The number of hydrogen-bond donors (Lipinski definition) is 0. The summed E-state index contributed by atoms with van der Waals surface area (Å²) < 4.78 is 7.74. The largest absolute Gasteiger partial charge is 0.308 e. The Morgan fingerprint density at radius 2 is 1.01 bits per heavy atom. The van der Waals surface area contributed by atoms with Crippen molar-refractivity contribution in [3.8, 4) is 5.69 Å². The van der Waals surface area contributed by atoms with Crippen molar-refractivity contribution in [2.75, 3.05) is 0 Å². The zero-order valence-corrected chi connectivity index (χ0v) is 40.1. The Bertz CT molecular complexity index is 4440. The molecule has 0 bridgehead atoms. The molecule has 0 aliphatic carbocycles. The molecule has 69 heavy (non-hydrogen) atoms. The van der Waals surface area contributed by atoms with E-state index in [-0.39, 0.29) is 6.04 Å². The van der Waals surface area contributed by atoms with Gasteiger partial charge in [0.25, 0.3) is 0 Å². The summed E-state index contributed by atoms with van der Waals surface area (Å²) in [7, 11) is 0. The first-order valence-electron chi connectivity index (χ1n) is 23.8. The number of aliphatic imine (C=N–C) groups is 1. The first-order chi connectivity index (χ1) is 33.9. The second kappa shape index (κ2) is 15.6. The van der Waals surface area contributed by atoms with Crippen LogP contribution in [0, 0.1) is 0 Å². The van der Waals surface area contributed by atoms with Gasteiger partial charge in [-0.2, -0.15) is 0 Å². The second-order valence-electron chi connectivity index (χ2n) is 18.7. The lowest BCUT2D eigenvalue weighted by molar-refractivity contribution is 0.822. The molecule has 0 unspecified atom stereocenters. The molecule has 14 aromatic rings. The van der Waals surface area contributed by atoms with Crippen LogP contribution >= 0.6 is 22.7 Å². The highest BCUT2D eigenvalue weighted by Crippen LogP contribution is 2.46. The standard InChI is InChI=1S/C65H44N2S2/c1-38(39(2)63(66-40(3)43-28-27-41-15-4-5-17-44(41)31-43)53-24-14-26-61-62(53)52-23-12-13-25-60(52)68-61)49-34-56-51-30-29-42-16-10-11-22-50(42)64(51)69-65(56)59(37-49)67-57-35-47-20-8-6-18-45(47)32-54(57)55-33-46-19-7-9-21-48(46)36-58(55)67/h4-37,40H,1-3H3/b39-38+,66-63+/t40-/m0/s1. The van der Waals surface area contributed by atoms with Gasteiger partial charge in [-0.3, -0.25) is 4.99 Å². The number of thiophene rings is 2. The van der Waals surface area contributed by atoms with Crippen LogP contribution in [0.25, 0.3) is 117 Å². The zero-order valence-electron chi connectivity index (χ0n) is 38.4. The Morgan fingerprint density at radius 1 is 0.435 bits per heavy atom. The monoisotopic (exact) mass is 916 g/mol. The molecule has 0 fully saturated rings. The number of fused-ring (bicyclic) bond motifs is 14. The summed E-state index contributed by atoms with van der Waals surface area (Å²) in [5, 5.41) is 17.6. The van der Waals surface area contributed by atoms with Crippen LogP contribution in [0.2, 0.25) is 0 Å². The van der Waals surface area contributed by atoms with Crippen molar-refractivity contribution in [3.63, 3.8) is 0 Å². The number of rotatable bonds is 6. The maximum Gasteiger partial charge on any atom is 0.0728 e. The molecule has 0 saturated heterocycles. The average Bonchev–Trinajstić information content (AvgIpc) is 4.07. The van der Waals surface area contributed by atoms with E-state index in [1.54, 1.807) is 0 Å². The molecule has 0 N–H and O–H groups in total. The van der Waals surface area contributed by atoms with Gasteiger partial charge in [-0.05, 0) is 141 Å². The minimum atomic E-state index is -0.0955. The fourth-order valence-corrected chi connectivity index (χ4v) is 13.5. The van der Waals surface area contributed by atoms with Gasteiger partial charge in [-0.15, -0.1) is 22.7 Å². The first kappa shape index (κ1) is 40.2. The van der Waals surface area contributed by atoms with Gasteiger partial charge in [0.15, 0.2) is 0 Å². The lowest BCUT2D eigenvalue weighted by Crippen LogP contribution is -2.08. The maximum atomic E-state index is 5.82. The average molecular weight is 917 g/mol. The Labute approximate surface area is 407 Å². The van der Waals surface area contributed by atoms with Crippen LogP contribution in [-0.2, 0) is 0 Å². The fourth-order valence-electron chi connectivity index (χ4n) is 11.1. The molecule has 1 atom stereocenters. The molecule has 0 spiro atoms. The molecule has 0 amide bonds. The fraction of sp³-hybridized carbons (Fsp3) is 0.0615. The third kappa shape index (κ3) is 6.33. The molecule has 0 aliphatic heterocycles. The first-order valence-corrected chi connectivity index (χ1v) is 25.5. The van der Waals surface area contributed by atoms with Gasteiger partial charge in [0.2, 0.25) is 0 Å². The lowest BCUT2D eigenvalue weighted by atomic mass is 9.91. The van der Waals surface area contributed by atoms with Crippen LogP contribution in [0.1, 0.15) is 43.5 Å². The van der Waals surface area contributed by atoms with Crippen LogP contribution in [0.4, 0.5) is 0 Å². The number of benzene rings is 11. The van der Waals surface area contributed by atoms with Crippen LogP contribution < -0.4 is 0 Å². The number of allylic oxidation sites excluding steroid dienone is 2. The molecule has 11 aromatic carbocycles. The van der Waals surface area contributed by atoms with Gasteiger partial charge >= 0.3 is 0 Å². The van der Waals surface area contributed by atoms with Crippen LogP contribution in [-0.4, -0.2) is 10.3 Å². The van der Waals surface area contributed by atoms with E-state index in [1.807, 2.05) is 22.7 Å². The summed E-state index contributed by atoms with van der Waals surface area (Å²) in [4.78, 5) is 5.82. The van der Waals surface area contributed by atoms with E-state index >= 15 is 0 Å². The van der Waals surface area contributed by atoms with Crippen molar-refractivity contribution in [2.45, 2.75) is 26.8 Å². The highest BCUT2D eigenvalue weighted by Gasteiger charge is 2.23. The van der Waals surface area contributed by atoms with Crippen molar-refractivity contribution >= 4 is 139 Å². The summed E-state index contributed by atoms with van der Waals surface area (Å²) in [6, 6.07) is 76.6. The van der Waals surface area contributed by atoms with E-state index in [9.17, 15) is 0 Å². The summed E-state index contributed by atoms with van der Waals surface area (Å²) in [6.07, 6.45) is 0. The van der Waals surface area contributed by atoms with Crippen molar-refractivity contribution in [1.29, 1.82) is 0 Å². The molecule has 14 rings (SSSR count). The molecule has 3 heterocycles. The quantitative estimate of drug-likeness (QED) is 0.148. The lowest BCUT2D eigenvalue weighted by Gasteiger charge is -2.18. The van der Waals surface area contributed by atoms with Crippen LogP contribution in [0.5, 0.6) is 0 Å². The predicted molar refractivity (Wildman–Crippen MR) is 303 cm³/mol. The third-order valence-corrected chi connectivity index (χ3v) is 17.2. The summed E-state index contributed by atoms with van der Waals surface area (Å²) in [5.41, 5.74) is 10.6. The van der Waals surface area contributed by atoms with E-state index in [4.69, 9.17) is 4.99 Å². The molecule has 326 valence electrons. The van der Waals surface area contributed by atoms with E-state index in [0.29, 0.717) is 0 Å². The van der Waals surface area contributed by atoms with E-state index in [2.05, 4.69) is 232 Å². The summed E-state index contributed by atoms with van der Waals surface area (Å²) in [5.74, 6) is 0. The minimum Gasteiger partial charge on any atom is -0.308 e. The SMILES string of the molecule is CC(/C(=N\[C@@H](C)c1ccc2ccccc2c1)c1cccc2sc3ccccc3c12)=C(/C)c1cc(-n2c3cc4ccccc4cc3c3cc4ccccc4cc32)c2sc3c4ccccc4ccc3c2c1. The van der Waals surface area contributed by atoms with Gasteiger partial charge in [0, 0.05) is 52.0 Å². The molecule has 0 aliphatic rings. The molecule has 4 heteroatoms. The molecule has 0 saturated carbocycles. The minimum absolute atomic E-state index is 0.0955.